The van der Waals surface area contributed by atoms with E-state index in [9.17, 15) is 33.5 Å². The van der Waals surface area contributed by atoms with Crippen molar-refractivity contribution in [2.24, 2.45) is 0 Å². The summed E-state index contributed by atoms with van der Waals surface area (Å²) in [7, 11) is -10.5. The van der Waals surface area contributed by atoms with E-state index >= 15 is 0 Å². The van der Waals surface area contributed by atoms with E-state index in [1.807, 2.05) is 13.0 Å². The number of anilines is 2. The normalized spacial score (nSPS) is 12.2. The molecule has 11 nitrogen and oxygen atoms in total. The van der Waals surface area contributed by atoms with Crippen LogP contribution >= 0.6 is 42.5 Å². The zero-order valence-corrected chi connectivity index (χ0v) is 22.6. The Kier molecular flexibility index (Phi) is 7.47. The third-order valence-electron chi connectivity index (χ3n) is 5.04. The number of rotatable bonds is 7. The molecule has 0 aliphatic carbocycles. The Labute approximate surface area is 217 Å². The van der Waals surface area contributed by atoms with Crippen molar-refractivity contribution in [2.45, 2.75) is 12.4 Å². The molecule has 2 heterocycles. The number of carbonyl (C=O) groups is 1. The topological polar surface area (TPSA) is 182 Å². The fraction of sp³-hybridized carbons (Fsp3) is 0.0952. The molecule has 2 aromatic carbocycles. The minimum absolute atomic E-state index is 0.0929. The van der Waals surface area contributed by atoms with Crippen LogP contribution in [0.4, 0.5) is 11.5 Å². The van der Waals surface area contributed by atoms with Crippen molar-refractivity contribution in [3.05, 3.63) is 69.5 Å². The van der Waals surface area contributed by atoms with E-state index in [0.717, 1.165) is 10.0 Å². The number of halogens is 1. The Hall–Kier alpha value is -2.47. The molecule has 2 aromatic heterocycles. The first kappa shape index (κ1) is 26.6. The van der Waals surface area contributed by atoms with E-state index in [-0.39, 0.29) is 17.5 Å². The zero-order valence-electron chi connectivity index (χ0n) is 18.4. The predicted octanol–water partition coefficient (Wildman–Crippen LogP) is 4.73. The van der Waals surface area contributed by atoms with Gasteiger partial charge in [-0.05, 0) is 48.2 Å². The number of hydrogen-bond acceptors (Lipinski definition) is 7. The summed E-state index contributed by atoms with van der Waals surface area (Å²) in [6.07, 6.45) is 0. The average Bonchev–Trinajstić information content (AvgIpc) is 3.27. The van der Waals surface area contributed by atoms with Crippen molar-refractivity contribution in [3.63, 3.8) is 0 Å². The van der Waals surface area contributed by atoms with Crippen molar-refractivity contribution in [3.8, 4) is 11.4 Å². The van der Waals surface area contributed by atoms with Crippen LogP contribution in [0.2, 0.25) is 0 Å². The summed E-state index contributed by atoms with van der Waals surface area (Å²) in [5.74, 6) is -0.450. The standard InChI is InChI=1S/C21H19BrN4O7P2S/c1-11-5-6-14(10-16(11)22)23-19(27)13-4-2-3-12(9-13)17-24-18(15-7-8-36-20(15)25-17)26-21(34(28,29)30)35(31,32)33/h2-10,21H,1H3,(H,23,27)(H,24,25,26)(H2,28,29,30)(H2,31,32,33). The molecule has 36 heavy (non-hydrogen) atoms. The lowest BCUT2D eigenvalue weighted by molar-refractivity contribution is 0.102. The highest BCUT2D eigenvalue weighted by atomic mass is 79.9. The lowest BCUT2D eigenvalue weighted by Gasteiger charge is -2.21. The van der Waals surface area contributed by atoms with Crippen molar-refractivity contribution in [1.82, 2.24) is 9.97 Å². The molecule has 188 valence electrons. The van der Waals surface area contributed by atoms with Gasteiger partial charge in [0.05, 0.1) is 5.39 Å². The average molecular weight is 613 g/mol. The second-order valence-corrected chi connectivity index (χ2v) is 13.3. The zero-order chi connectivity index (χ0) is 26.3. The van der Waals surface area contributed by atoms with Gasteiger partial charge in [-0.15, -0.1) is 11.3 Å². The van der Waals surface area contributed by atoms with Crippen LogP contribution in [0, 0.1) is 6.92 Å². The van der Waals surface area contributed by atoms with E-state index in [0.29, 0.717) is 27.0 Å². The van der Waals surface area contributed by atoms with Crippen LogP contribution in [0.5, 0.6) is 0 Å². The number of nitrogens with one attached hydrogen (secondary N) is 2. The summed E-state index contributed by atoms with van der Waals surface area (Å²) < 4.78 is 24.4. The lowest BCUT2D eigenvalue weighted by Crippen LogP contribution is -2.21. The van der Waals surface area contributed by atoms with Gasteiger partial charge in [-0.1, -0.05) is 34.1 Å². The van der Waals surface area contributed by atoms with Gasteiger partial charge >= 0.3 is 15.2 Å². The van der Waals surface area contributed by atoms with Gasteiger partial charge in [-0.3, -0.25) is 13.9 Å². The van der Waals surface area contributed by atoms with Crippen LogP contribution in [0.3, 0.4) is 0 Å². The molecule has 4 rings (SSSR count). The van der Waals surface area contributed by atoms with E-state index in [4.69, 9.17) is 0 Å². The molecule has 0 fully saturated rings. The number of carbonyl (C=O) groups excluding carboxylic acids is 1. The Morgan fingerprint density at radius 2 is 1.75 bits per heavy atom. The van der Waals surface area contributed by atoms with Gasteiger partial charge in [0, 0.05) is 21.3 Å². The highest BCUT2D eigenvalue weighted by Gasteiger charge is 2.44. The van der Waals surface area contributed by atoms with E-state index in [1.54, 1.807) is 47.8 Å². The maximum Gasteiger partial charge on any atom is 0.360 e. The maximum absolute atomic E-state index is 12.8. The SMILES string of the molecule is Cc1ccc(NC(=O)c2cccc(-c3nc(NC(P(=O)(O)O)P(=O)(O)O)c4ccsc4n3)c2)cc1Br. The van der Waals surface area contributed by atoms with Crippen molar-refractivity contribution in [2.75, 3.05) is 10.6 Å². The molecule has 0 aliphatic heterocycles. The Morgan fingerprint density at radius 1 is 1.03 bits per heavy atom. The maximum atomic E-state index is 12.8. The van der Waals surface area contributed by atoms with Gasteiger partial charge in [0.25, 0.3) is 5.91 Å². The minimum atomic E-state index is -5.26. The number of aromatic nitrogens is 2. The number of fused-ring (bicyclic) bond motifs is 1. The van der Waals surface area contributed by atoms with E-state index in [1.165, 1.54) is 11.3 Å². The minimum Gasteiger partial charge on any atom is -0.346 e. The van der Waals surface area contributed by atoms with Crippen LogP contribution in [0.15, 0.2) is 58.4 Å². The molecule has 15 heteroatoms. The first-order valence-corrected chi connectivity index (χ1v) is 15.2. The van der Waals surface area contributed by atoms with Crippen LogP contribution in [-0.4, -0.2) is 41.0 Å². The first-order chi connectivity index (χ1) is 16.8. The van der Waals surface area contributed by atoms with Crippen molar-refractivity contribution >= 4 is 70.1 Å². The van der Waals surface area contributed by atoms with E-state index in [2.05, 4.69) is 36.5 Å². The number of nitrogens with zero attached hydrogens (tertiary/aromatic N) is 2. The molecule has 0 saturated carbocycles. The van der Waals surface area contributed by atoms with Gasteiger partial charge in [0.15, 0.2) is 5.82 Å². The quantitative estimate of drug-likeness (QED) is 0.159. The summed E-state index contributed by atoms with van der Waals surface area (Å²) in [6, 6.07) is 13.4. The summed E-state index contributed by atoms with van der Waals surface area (Å²) in [4.78, 5) is 60.0. The number of aryl methyl sites for hydroxylation is 1. The Morgan fingerprint density at radius 3 is 2.42 bits per heavy atom. The molecule has 0 saturated heterocycles. The molecular formula is C21H19BrN4O7P2S. The summed E-state index contributed by atoms with van der Waals surface area (Å²) in [5.41, 5.74) is -0.166. The van der Waals surface area contributed by atoms with Gasteiger partial charge < -0.3 is 30.2 Å². The molecule has 0 bridgehead atoms. The van der Waals surface area contributed by atoms with Crippen LogP contribution in [0.1, 0.15) is 15.9 Å². The van der Waals surface area contributed by atoms with Crippen LogP contribution < -0.4 is 10.6 Å². The van der Waals surface area contributed by atoms with Crippen LogP contribution in [-0.2, 0) is 9.13 Å². The van der Waals surface area contributed by atoms with Crippen molar-refractivity contribution in [1.29, 1.82) is 0 Å². The Balaban J connectivity index is 1.70. The van der Waals surface area contributed by atoms with Gasteiger partial charge in [-0.25, -0.2) is 9.97 Å². The van der Waals surface area contributed by atoms with Crippen molar-refractivity contribution < 1.29 is 33.5 Å². The first-order valence-electron chi connectivity index (χ1n) is 10.1. The summed E-state index contributed by atoms with van der Waals surface area (Å²) in [6.45, 7) is 1.93. The highest BCUT2D eigenvalue weighted by Crippen LogP contribution is 2.59. The molecular weight excluding hydrogens is 594 g/mol. The smallest absolute Gasteiger partial charge is 0.346 e. The molecule has 0 atom stereocenters. The molecule has 4 aromatic rings. The third-order valence-corrected chi connectivity index (χ3v) is 10.0. The number of benzene rings is 2. The number of hydrogen-bond donors (Lipinski definition) is 6. The summed E-state index contributed by atoms with van der Waals surface area (Å²) >= 11 is 4.63. The highest BCUT2D eigenvalue weighted by molar-refractivity contribution is 9.10. The molecule has 0 radical (unpaired) electrons. The van der Waals surface area contributed by atoms with Crippen LogP contribution in [0.25, 0.3) is 21.6 Å². The van der Waals surface area contributed by atoms with Gasteiger partial charge in [-0.2, -0.15) is 0 Å². The Bertz CT molecular complexity index is 1550. The fourth-order valence-electron chi connectivity index (χ4n) is 3.25. The van der Waals surface area contributed by atoms with E-state index < -0.39 is 20.7 Å². The predicted molar refractivity (Wildman–Crippen MR) is 141 cm³/mol. The monoisotopic (exact) mass is 612 g/mol. The molecule has 0 aliphatic rings. The molecule has 1 amide bonds. The second kappa shape index (κ2) is 10.1. The largest absolute Gasteiger partial charge is 0.360 e. The molecule has 0 spiro atoms. The lowest BCUT2D eigenvalue weighted by atomic mass is 10.1. The number of amides is 1. The van der Waals surface area contributed by atoms with Gasteiger partial charge in [0.1, 0.15) is 10.6 Å². The fourth-order valence-corrected chi connectivity index (χ4v) is 6.55. The molecule has 0 unspecified atom stereocenters. The molecule has 6 N–H and O–H groups in total. The third kappa shape index (κ3) is 5.91. The second-order valence-electron chi connectivity index (χ2n) is 7.73. The van der Waals surface area contributed by atoms with Gasteiger partial charge in [0.2, 0.25) is 5.52 Å². The summed E-state index contributed by atoms with van der Waals surface area (Å²) in [5, 5.41) is 7.01. The number of thiophene rings is 1.